The molecule has 1 aromatic rings. The molecule has 0 radical (unpaired) electrons. The van der Waals surface area contributed by atoms with Crippen molar-refractivity contribution in [2.24, 2.45) is 5.92 Å². The van der Waals surface area contributed by atoms with Gasteiger partial charge in [-0.15, -0.1) is 0 Å². The fraction of sp³-hybridized carbons (Fsp3) is 0.500. The van der Waals surface area contributed by atoms with Gasteiger partial charge in [0.05, 0.1) is 6.26 Å². The summed E-state index contributed by atoms with van der Waals surface area (Å²) in [5.74, 6) is 0.843. The third-order valence-corrected chi connectivity index (χ3v) is 1.59. The number of hydrogen-bond donors (Lipinski definition) is 0. The molecule has 0 aliphatic rings. The fourth-order valence-corrected chi connectivity index (χ4v) is 1.09. The number of furan rings is 1. The molecule has 0 bridgehead atoms. The maximum Gasteiger partial charge on any atom is 0.206 e. The van der Waals surface area contributed by atoms with E-state index in [1.54, 1.807) is 12.3 Å². The molecular formula is C8H11NO3. The normalized spacial score (nSPS) is 12.8. The van der Waals surface area contributed by atoms with Crippen LogP contribution in [0.15, 0.2) is 22.8 Å². The van der Waals surface area contributed by atoms with E-state index in [0.29, 0.717) is 6.42 Å². The first-order valence-electron chi connectivity index (χ1n) is 3.82. The minimum atomic E-state index is -0.298. The van der Waals surface area contributed by atoms with Crippen LogP contribution in [-0.2, 0) is 6.42 Å². The van der Waals surface area contributed by atoms with Gasteiger partial charge in [0.25, 0.3) is 0 Å². The van der Waals surface area contributed by atoms with E-state index in [1.807, 2.05) is 13.0 Å². The third-order valence-electron chi connectivity index (χ3n) is 1.59. The molecule has 0 aliphatic carbocycles. The average Bonchev–Trinajstić information content (AvgIpc) is 2.37. The Bertz CT molecular complexity index is 243. The second-order valence-electron chi connectivity index (χ2n) is 2.90. The molecule has 66 valence electrons. The fourth-order valence-electron chi connectivity index (χ4n) is 1.09. The summed E-state index contributed by atoms with van der Waals surface area (Å²) in [4.78, 5) is 9.82. The highest BCUT2D eigenvalue weighted by Crippen LogP contribution is 2.08. The lowest BCUT2D eigenvalue weighted by molar-refractivity contribution is -0.487. The van der Waals surface area contributed by atoms with Crippen LogP contribution in [0.4, 0.5) is 0 Å². The van der Waals surface area contributed by atoms with Crippen molar-refractivity contribution in [3.05, 3.63) is 34.3 Å². The number of nitrogens with zero attached hydrogens (tertiary/aromatic N) is 1. The van der Waals surface area contributed by atoms with E-state index in [-0.39, 0.29) is 17.4 Å². The highest BCUT2D eigenvalue weighted by molar-refractivity contribution is 4.98. The van der Waals surface area contributed by atoms with E-state index in [9.17, 15) is 10.1 Å². The summed E-state index contributed by atoms with van der Waals surface area (Å²) >= 11 is 0. The Morgan fingerprint density at radius 1 is 1.75 bits per heavy atom. The molecule has 4 nitrogen and oxygen atoms in total. The van der Waals surface area contributed by atoms with E-state index in [2.05, 4.69) is 0 Å². The Morgan fingerprint density at radius 2 is 2.50 bits per heavy atom. The molecule has 1 atom stereocenters. The molecule has 0 amide bonds. The second-order valence-corrected chi connectivity index (χ2v) is 2.90. The second kappa shape index (κ2) is 3.90. The van der Waals surface area contributed by atoms with Gasteiger partial charge in [0.1, 0.15) is 5.76 Å². The first-order valence-corrected chi connectivity index (χ1v) is 3.82. The number of hydrogen-bond acceptors (Lipinski definition) is 3. The lowest BCUT2D eigenvalue weighted by Crippen LogP contribution is -2.12. The number of rotatable bonds is 4. The Balaban J connectivity index is 2.36. The zero-order chi connectivity index (χ0) is 8.97. The summed E-state index contributed by atoms with van der Waals surface area (Å²) in [6, 6.07) is 3.62. The quantitative estimate of drug-likeness (QED) is 0.509. The first-order chi connectivity index (χ1) is 5.68. The molecule has 0 spiro atoms. The monoisotopic (exact) mass is 169 g/mol. The molecule has 1 aromatic heterocycles. The van der Waals surface area contributed by atoms with Crippen molar-refractivity contribution in [2.75, 3.05) is 6.54 Å². The highest BCUT2D eigenvalue weighted by atomic mass is 16.6. The first kappa shape index (κ1) is 8.77. The topological polar surface area (TPSA) is 56.3 Å². The van der Waals surface area contributed by atoms with E-state index in [4.69, 9.17) is 4.42 Å². The molecular weight excluding hydrogens is 158 g/mol. The lowest BCUT2D eigenvalue weighted by Gasteiger charge is -2.02. The maximum atomic E-state index is 10.1. The summed E-state index contributed by atoms with van der Waals surface area (Å²) < 4.78 is 5.06. The molecule has 0 aliphatic heterocycles. The third kappa shape index (κ3) is 2.74. The molecule has 0 saturated carbocycles. The molecule has 0 saturated heterocycles. The van der Waals surface area contributed by atoms with Gasteiger partial charge in [0.15, 0.2) is 0 Å². The molecule has 4 heteroatoms. The average molecular weight is 169 g/mol. The molecule has 0 fully saturated rings. The number of nitro groups is 1. The predicted molar refractivity (Wildman–Crippen MR) is 43.4 cm³/mol. The van der Waals surface area contributed by atoms with Crippen molar-refractivity contribution in [3.8, 4) is 0 Å². The van der Waals surface area contributed by atoms with Gasteiger partial charge in [-0.05, 0) is 12.1 Å². The largest absolute Gasteiger partial charge is 0.469 e. The van der Waals surface area contributed by atoms with Crippen LogP contribution >= 0.6 is 0 Å². The van der Waals surface area contributed by atoms with E-state index >= 15 is 0 Å². The van der Waals surface area contributed by atoms with E-state index in [1.165, 1.54) is 0 Å². The summed E-state index contributed by atoms with van der Waals surface area (Å²) in [6.07, 6.45) is 2.21. The van der Waals surface area contributed by atoms with Crippen molar-refractivity contribution in [3.63, 3.8) is 0 Å². The minimum Gasteiger partial charge on any atom is -0.469 e. The van der Waals surface area contributed by atoms with Crippen molar-refractivity contribution >= 4 is 0 Å². The van der Waals surface area contributed by atoms with Gasteiger partial charge < -0.3 is 4.42 Å². The van der Waals surface area contributed by atoms with Crippen LogP contribution in [0.1, 0.15) is 12.7 Å². The zero-order valence-electron chi connectivity index (χ0n) is 6.90. The van der Waals surface area contributed by atoms with Gasteiger partial charge in [-0.25, -0.2) is 0 Å². The smallest absolute Gasteiger partial charge is 0.206 e. The maximum absolute atomic E-state index is 10.1. The summed E-state index contributed by atoms with van der Waals surface area (Å²) in [5.41, 5.74) is 0. The van der Waals surface area contributed by atoms with Crippen LogP contribution in [0.3, 0.4) is 0 Å². The summed E-state index contributed by atoms with van der Waals surface area (Å²) in [7, 11) is 0. The van der Waals surface area contributed by atoms with Crippen LogP contribution in [0.5, 0.6) is 0 Å². The summed E-state index contributed by atoms with van der Waals surface area (Å²) in [6.45, 7) is 1.84. The molecule has 1 heterocycles. The minimum absolute atomic E-state index is 0.000694. The zero-order valence-corrected chi connectivity index (χ0v) is 6.90. The van der Waals surface area contributed by atoms with Crippen molar-refractivity contribution in [1.82, 2.24) is 0 Å². The van der Waals surface area contributed by atoms with Gasteiger partial charge in [-0.1, -0.05) is 6.92 Å². The highest BCUT2D eigenvalue weighted by Gasteiger charge is 2.11. The molecule has 12 heavy (non-hydrogen) atoms. The molecule has 1 rings (SSSR count). The molecule has 0 aromatic carbocycles. The van der Waals surface area contributed by atoms with Gasteiger partial charge in [-0.2, -0.15) is 0 Å². The molecule has 1 unspecified atom stereocenters. The van der Waals surface area contributed by atoms with E-state index in [0.717, 1.165) is 5.76 Å². The van der Waals surface area contributed by atoms with Gasteiger partial charge in [-0.3, -0.25) is 10.1 Å². The van der Waals surface area contributed by atoms with E-state index < -0.39 is 0 Å². The Hall–Kier alpha value is -1.32. The Labute approximate surface area is 70.3 Å². The Kier molecular flexibility index (Phi) is 2.85. The van der Waals surface area contributed by atoms with Crippen LogP contribution in [0.25, 0.3) is 0 Å². The summed E-state index contributed by atoms with van der Waals surface area (Å²) in [5, 5.41) is 10.1. The van der Waals surface area contributed by atoms with Crippen molar-refractivity contribution in [2.45, 2.75) is 13.3 Å². The van der Waals surface area contributed by atoms with Gasteiger partial charge in [0, 0.05) is 17.3 Å². The SMILES string of the molecule is CC(Cc1ccco1)C[N+](=O)[O-]. The Morgan fingerprint density at radius 3 is 3.00 bits per heavy atom. The van der Waals surface area contributed by atoms with Crippen LogP contribution < -0.4 is 0 Å². The molecule has 0 N–H and O–H groups in total. The van der Waals surface area contributed by atoms with Crippen LogP contribution in [0.2, 0.25) is 0 Å². The lowest BCUT2D eigenvalue weighted by atomic mass is 10.1. The van der Waals surface area contributed by atoms with Crippen LogP contribution in [-0.4, -0.2) is 11.5 Å². The van der Waals surface area contributed by atoms with Gasteiger partial charge >= 0.3 is 0 Å². The van der Waals surface area contributed by atoms with Gasteiger partial charge in [0.2, 0.25) is 6.54 Å². The predicted octanol–water partition coefficient (Wildman–Crippen LogP) is 1.73. The van der Waals surface area contributed by atoms with Crippen LogP contribution in [0, 0.1) is 16.0 Å². The van der Waals surface area contributed by atoms with Crippen molar-refractivity contribution in [1.29, 1.82) is 0 Å². The standard InChI is InChI=1S/C8H11NO3/c1-7(6-9(10)11)5-8-3-2-4-12-8/h2-4,7H,5-6H2,1H3. The van der Waals surface area contributed by atoms with Crippen molar-refractivity contribution < 1.29 is 9.34 Å².